The summed E-state index contributed by atoms with van der Waals surface area (Å²) < 4.78 is 11.3. The number of allylic oxidation sites excluding steroid dienone is 1. The van der Waals surface area contributed by atoms with Crippen molar-refractivity contribution in [2.45, 2.75) is 6.42 Å². The molecule has 0 saturated heterocycles. The Hall–Kier alpha value is -3.57. The first-order valence-electron chi connectivity index (χ1n) is 9.83. The largest absolute Gasteiger partial charge is 0.491 e. The van der Waals surface area contributed by atoms with Crippen LogP contribution < -0.4 is 16.2 Å². The van der Waals surface area contributed by atoms with E-state index < -0.39 is 0 Å². The molecule has 0 aliphatic heterocycles. The Morgan fingerprint density at radius 2 is 1.53 bits per heavy atom. The number of hydrogen-bond donors (Lipinski definition) is 2. The van der Waals surface area contributed by atoms with Crippen LogP contribution in [0.25, 0.3) is 6.08 Å². The summed E-state index contributed by atoms with van der Waals surface area (Å²) in [4.78, 5) is 12.1. The van der Waals surface area contributed by atoms with Crippen molar-refractivity contribution in [3.63, 3.8) is 0 Å². The zero-order chi connectivity index (χ0) is 21.2. The third kappa shape index (κ3) is 6.79. The minimum Gasteiger partial charge on any atom is -0.491 e. The number of anilines is 2. The SMILES string of the molecule is Nc1cc(N)cc(CCOCCOc2ccc(C=CC(=O)c3ccccc3)cc2)c1. The van der Waals surface area contributed by atoms with Crippen molar-refractivity contribution < 1.29 is 14.3 Å². The molecule has 4 N–H and O–H groups in total. The Morgan fingerprint density at radius 1 is 0.833 bits per heavy atom. The zero-order valence-electron chi connectivity index (χ0n) is 16.8. The molecule has 5 nitrogen and oxygen atoms in total. The Morgan fingerprint density at radius 3 is 2.23 bits per heavy atom. The number of carbonyl (C=O) groups excluding carboxylic acids is 1. The van der Waals surface area contributed by atoms with Crippen LogP contribution in [-0.2, 0) is 11.2 Å². The van der Waals surface area contributed by atoms with Gasteiger partial charge in [-0.25, -0.2) is 0 Å². The van der Waals surface area contributed by atoms with Gasteiger partial charge in [0.05, 0.1) is 13.2 Å². The maximum atomic E-state index is 12.1. The lowest BCUT2D eigenvalue weighted by molar-refractivity contribution is 0.102. The molecule has 0 radical (unpaired) electrons. The van der Waals surface area contributed by atoms with E-state index in [0.29, 0.717) is 36.8 Å². The van der Waals surface area contributed by atoms with Crippen LogP contribution >= 0.6 is 0 Å². The highest BCUT2D eigenvalue weighted by atomic mass is 16.5. The van der Waals surface area contributed by atoms with E-state index in [1.54, 1.807) is 30.4 Å². The predicted octanol–water partition coefficient (Wildman–Crippen LogP) is 4.39. The van der Waals surface area contributed by atoms with Crippen molar-refractivity contribution in [2.24, 2.45) is 0 Å². The Bertz CT molecular complexity index is 963. The topological polar surface area (TPSA) is 87.6 Å². The summed E-state index contributed by atoms with van der Waals surface area (Å²) in [5.74, 6) is 0.739. The third-order valence-electron chi connectivity index (χ3n) is 4.43. The molecule has 0 atom stereocenters. The monoisotopic (exact) mass is 402 g/mol. The molecule has 0 heterocycles. The lowest BCUT2D eigenvalue weighted by atomic mass is 10.1. The molecule has 0 bridgehead atoms. The summed E-state index contributed by atoms with van der Waals surface area (Å²) in [6.45, 7) is 1.53. The van der Waals surface area contributed by atoms with Gasteiger partial charge in [0.1, 0.15) is 12.4 Å². The third-order valence-corrected chi connectivity index (χ3v) is 4.43. The average molecular weight is 402 g/mol. The Balaban J connectivity index is 1.36. The first kappa shape index (κ1) is 21.1. The summed E-state index contributed by atoms with van der Waals surface area (Å²) in [5, 5.41) is 0. The number of carbonyl (C=O) groups is 1. The van der Waals surface area contributed by atoms with E-state index in [2.05, 4.69) is 0 Å². The van der Waals surface area contributed by atoms with Gasteiger partial charge in [-0.15, -0.1) is 0 Å². The van der Waals surface area contributed by atoms with Gasteiger partial charge >= 0.3 is 0 Å². The number of ether oxygens (including phenoxy) is 2. The molecule has 3 rings (SSSR count). The van der Waals surface area contributed by atoms with Gasteiger partial charge in [0.2, 0.25) is 0 Å². The van der Waals surface area contributed by atoms with E-state index in [1.807, 2.05) is 54.6 Å². The normalized spacial score (nSPS) is 10.9. The van der Waals surface area contributed by atoms with E-state index in [-0.39, 0.29) is 5.78 Å². The van der Waals surface area contributed by atoms with Gasteiger partial charge in [-0.05, 0) is 54.0 Å². The van der Waals surface area contributed by atoms with Crippen molar-refractivity contribution in [3.05, 3.63) is 95.6 Å². The van der Waals surface area contributed by atoms with Gasteiger partial charge < -0.3 is 20.9 Å². The van der Waals surface area contributed by atoms with Crippen molar-refractivity contribution in [1.29, 1.82) is 0 Å². The van der Waals surface area contributed by atoms with Crippen LogP contribution in [0.1, 0.15) is 21.5 Å². The van der Waals surface area contributed by atoms with E-state index in [1.165, 1.54) is 0 Å². The molecule has 3 aromatic carbocycles. The number of ketones is 1. The van der Waals surface area contributed by atoms with Gasteiger partial charge in [-0.3, -0.25) is 4.79 Å². The molecule has 30 heavy (non-hydrogen) atoms. The van der Waals surface area contributed by atoms with Crippen molar-refractivity contribution in [3.8, 4) is 5.75 Å². The molecule has 0 aromatic heterocycles. The van der Waals surface area contributed by atoms with E-state index in [9.17, 15) is 4.79 Å². The lowest BCUT2D eigenvalue weighted by Gasteiger charge is -2.08. The highest BCUT2D eigenvalue weighted by molar-refractivity contribution is 6.06. The maximum Gasteiger partial charge on any atom is 0.185 e. The number of nitrogens with two attached hydrogens (primary N) is 2. The smallest absolute Gasteiger partial charge is 0.185 e. The van der Waals surface area contributed by atoms with Crippen molar-refractivity contribution in [2.75, 3.05) is 31.3 Å². The minimum atomic E-state index is -0.0195. The fourth-order valence-corrected chi connectivity index (χ4v) is 2.95. The minimum absolute atomic E-state index is 0.0195. The second-order valence-electron chi connectivity index (χ2n) is 6.85. The summed E-state index contributed by atoms with van der Waals surface area (Å²) in [6.07, 6.45) is 4.12. The fraction of sp³-hybridized carbons (Fsp3) is 0.160. The van der Waals surface area contributed by atoms with Crippen molar-refractivity contribution in [1.82, 2.24) is 0 Å². The van der Waals surface area contributed by atoms with Gasteiger partial charge in [0.15, 0.2) is 5.78 Å². The maximum absolute atomic E-state index is 12.1. The lowest BCUT2D eigenvalue weighted by Crippen LogP contribution is -2.09. The molecule has 0 unspecified atom stereocenters. The molecule has 0 fully saturated rings. The van der Waals surface area contributed by atoms with Crippen LogP contribution in [0.3, 0.4) is 0 Å². The number of hydrogen-bond acceptors (Lipinski definition) is 5. The van der Waals surface area contributed by atoms with E-state index in [0.717, 1.165) is 23.3 Å². The molecule has 0 aliphatic carbocycles. The number of nitrogen functional groups attached to an aromatic ring is 2. The molecular formula is C25H26N2O3. The van der Waals surface area contributed by atoms with Crippen LogP contribution in [0.2, 0.25) is 0 Å². The van der Waals surface area contributed by atoms with Crippen LogP contribution in [0.15, 0.2) is 78.9 Å². The van der Waals surface area contributed by atoms with Gasteiger partial charge in [-0.1, -0.05) is 48.5 Å². The Kier molecular flexibility index (Phi) is 7.64. The Labute approximate surface area is 176 Å². The first-order valence-corrected chi connectivity index (χ1v) is 9.83. The second kappa shape index (κ2) is 10.8. The number of benzene rings is 3. The van der Waals surface area contributed by atoms with Crippen LogP contribution in [0.4, 0.5) is 11.4 Å². The van der Waals surface area contributed by atoms with E-state index >= 15 is 0 Å². The zero-order valence-corrected chi connectivity index (χ0v) is 16.8. The fourth-order valence-electron chi connectivity index (χ4n) is 2.95. The van der Waals surface area contributed by atoms with Crippen molar-refractivity contribution >= 4 is 23.2 Å². The summed E-state index contributed by atoms with van der Waals surface area (Å²) >= 11 is 0. The molecule has 0 spiro atoms. The highest BCUT2D eigenvalue weighted by Gasteiger charge is 2.01. The molecule has 0 saturated carbocycles. The van der Waals surface area contributed by atoms with E-state index in [4.69, 9.17) is 20.9 Å². The van der Waals surface area contributed by atoms with Gasteiger partial charge in [-0.2, -0.15) is 0 Å². The molecular weight excluding hydrogens is 376 g/mol. The average Bonchev–Trinajstić information content (AvgIpc) is 2.75. The highest BCUT2D eigenvalue weighted by Crippen LogP contribution is 2.15. The first-order chi connectivity index (χ1) is 14.6. The predicted molar refractivity (Wildman–Crippen MR) is 122 cm³/mol. The van der Waals surface area contributed by atoms with Crippen LogP contribution in [-0.4, -0.2) is 25.6 Å². The second-order valence-corrected chi connectivity index (χ2v) is 6.85. The van der Waals surface area contributed by atoms with Gasteiger partial charge in [0, 0.05) is 16.9 Å². The molecule has 0 aliphatic rings. The summed E-state index contributed by atoms with van der Waals surface area (Å²) in [5.41, 5.74) is 15.6. The summed E-state index contributed by atoms with van der Waals surface area (Å²) in [6, 6.07) is 22.3. The molecule has 154 valence electrons. The molecule has 5 heteroatoms. The molecule has 0 amide bonds. The molecule has 3 aromatic rings. The number of rotatable bonds is 10. The van der Waals surface area contributed by atoms with Gasteiger partial charge in [0.25, 0.3) is 0 Å². The van der Waals surface area contributed by atoms with Crippen LogP contribution in [0, 0.1) is 0 Å². The summed E-state index contributed by atoms with van der Waals surface area (Å²) in [7, 11) is 0. The van der Waals surface area contributed by atoms with Crippen LogP contribution in [0.5, 0.6) is 5.75 Å². The standard InChI is InChI=1S/C25H26N2O3/c26-22-16-20(17-23(27)18-22)12-13-29-14-15-30-24-9-6-19(7-10-24)8-11-25(28)21-4-2-1-3-5-21/h1-11,16-18H,12-15,26-27H2. The quantitative estimate of drug-likeness (QED) is 0.227.